The molecule has 0 saturated carbocycles. The number of allylic oxidation sites excluding steroid dienone is 4. The van der Waals surface area contributed by atoms with E-state index in [-0.39, 0.29) is 0 Å². The van der Waals surface area contributed by atoms with Crippen molar-refractivity contribution in [1.82, 2.24) is 0 Å². The number of hydrogen-bond donors (Lipinski definition) is 1. The lowest BCUT2D eigenvalue weighted by atomic mass is 10.1. The van der Waals surface area contributed by atoms with Crippen molar-refractivity contribution < 1.29 is 0 Å². The summed E-state index contributed by atoms with van der Waals surface area (Å²) >= 11 is 0. The maximum atomic E-state index is 5.60. The van der Waals surface area contributed by atoms with E-state index in [2.05, 4.69) is 25.6 Å². The summed E-state index contributed by atoms with van der Waals surface area (Å²) in [5, 5.41) is 0. The number of rotatable bonds is 3. The average Bonchev–Trinajstić information content (AvgIpc) is 2.26. The molecule has 0 amide bonds. The van der Waals surface area contributed by atoms with Gasteiger partial charge in [-0.25, -0.2) is 0 Å². The van der Waals surface area contributed by atoms with Crippen molar-refractivity contribution in [2.75, 3.05) is 0 Å². The van der Waals surface area contributed by atoms with Gasteiger partial charge in [0, 0.05) is 5.70 Å². The highest BCUT2D eigenvalue weighted by molar-refractivity contribution is 5.65. The second-order valence-corrected chi connectivity index (χ2v) is 3.09. The molecular weight excluding hydrogens is 170 g/mol. The van der Waals surface area contributed by atoms with Crippen molar-refractivity contribution in [3.63, 3.8) is 0 Å². The first kappa shape index (κ1) is 10.3. The van der Waals surface area contributed by atoms with Crippen LogP contribution in [0.3, 0.4) is 0 Å². The van der Waals surface area contributed by atoms with E-state index in [0.29, 0.717) is 5.70 Å². The summed E-state index contributed by atoms with van der Waals surface area (Å²) in [6, 6.07) is 10.2. The molecule has 0 heterocycles. The molecule has 0 aliphatic heterocycles. The quantitative estimate of drug-likeness (QED) is 0.719. The van der Waals surface area contributed by atoms with E-state index in [1.165, 1.54) is 11.1 Å². The molecular formula is C13H15N. The van der Waals surface area contributed by atoms with Gasteiger partial charge in [-0.3, -0.25) is 0 Å². The summed E-state index contributed by atoms with van der Waals surface area (Å²) in [6.07, 6.45) is 5.48. The van der Waals surface area contributed by atoms with E-state index in [9.17, 15) is 0 Å². The van der Waals surface area contributed by atoms with Crippen LogP contribution in [0.25, 0.3) is 5.57 Å². The summed E-state index contributed by atoms with van der Waals surface area (Å²) in [4.78, 5) is 0. The zero-order chi connectivity index (χ0) is 10.4. The van der Waals surface area contributed by atoms with Gasteiger partial charge in [-0.2, -0.15) is 0 Å². The van der Waals surface area contributed by atoms with Crippen molar-refractivity contribution in [2.24, 2.45) is 5.73 Å². The van der Waals surface area contributed by atoms with Crippen LogP contribution in [-0.4, -0.2) is 0 Å². The third-order valence-electron chi connectivity index (χ3n) is 1.99. The van der Waals surface area contributed by atoms with Gasteiger partial charge in [0.15, 0.2) is 0 Å². The molecule has 0 bridgehead atoms. The van der Waals surface area contributed by atoms with Crippen molar-refractivity contribution in [2.45, 2.75) is 6.92 Å². The van der Waals surface area contributed by atoms with Crippen LogP contribution in [0.4, 0.5) is 0 Å². The normalized spacial score (nSPS) is 12.6. The average molecular weight is 185 g/mol. The Morgan fingerprint density at radius 2 is 1.86 bits per heavy atom. The SMILES string of the molecule is C=C/C(N)=C\C=C(/C)c1ccccc1. The maximum absolute atomic E-state index is 5.60. The summed E-state index contributed by atoms with van der Waals surface area (Å²) in [7, 11) is 0. The van der Waals surface area contributed by atoms with Gasteiger partial charge in [0.05, 0.1) is 0 Å². The molecule has 1 rings (SSSR count). The second kappa shape index (κ2) is 5.07. The molecule has 14 heavy (non-hydrogen) atoms. The third-order valence-corrected chi connectivity index (χ3v) is 1.99. The zero-order valence-corrected chi connectivity index (χ0v) is 8.40. The third kappa shape index (κ3) is 2.94. The van der Waals surface area contributed by atoms with Crippen LogP contribution in [0, 0.1) is 0 Å². The van der Waals surface area contributed by atoms with E-state index in [1.807, 2.05) is 30.4 Å². The Labute approximate surface area is 85.3 Å². The van der Waals surface area contributed by atoms with E-state index in [1.54, 1.807) is 6.08 Å². The minimum Gasteiger partial charge on any atom is -0.399 e. The molecule has 1 aromatic carbocycles. The number of hydrogen-bond acceptors (Lipinski definition) is 1. The van der Waals surface area contributed by atoms with E-state index in [0.717, 1.165) is 0 Å². The molecule has 2 N–H and O–H groups in total. The predicted octanol–water partition coefficient (Wildman–Crippen LogP) is 3.12. The van der Waals surface area contributed by atoms with Gasteiger partial charge in [-0.15, -0.1) is 0 Å². The summed E-state index contributed by atoms with van der Waals surface area (Å²) in [5.74, 6) is 0. The predicted molar refractivity (Wildman–Crippen MR) is 62.6 cm³/mol. The Kier molecular flexibility index (Phi) is 3.74. The van der Waals surface area contributed by atoms with Crippen molar-refractivity contribution in [1.29, 1.82) is 0 Å². The zero-order valence-electron chi connectivity index (χ0n) is 8.40. The van der Waals surface area contributed by atoms with E-state index in [4.69, 9.17) is 5.73 Å². The summed E-state index contributed by atoms with van der Waals surface area (Å²) < 4.78 is 0. The molecule has 0 aliphatic rings. The van der Waals surface area contributed by atoms with Crippen LogP contribution in [0.1, 0.15) is 12.5 Å². The Morgan fingerprint density at radius 3 is 2.43 bits per heavy atom. The Bertz CT molecular complexity index is 358. The lowest BCUT2D eigenvalue weighted by molar-refractivity contribution is 1.43. The molecule has 0 unspecified atom stereocenters. The van der Waals surface area contributed by atoms with Crippen molar-refractivity contribution in [3.8, 4) is 0 Å². The van der Waals surface area contributed by atoms with Gasteiger partial charge in [-0.1, -0.05) is 43.0 Å². The lowest BCUT2D eigenvalue weighted by Gasteiger charge is -1.98. The molecule has 0 fully saturated rings. The van der Waals surface area contributed by atoms with Crippen LogP contribution in [0.2, 0.25) is 0 Å². The maximum Gasteiger partial charge on any atom is 0.0308 e. The summed E-state index contributed by atoms with van der Waals surface area (Å²) in [6.45, 7) is 5.65. The number of nitrogens with two attached hydrogens (primary N) is 1. The highest BCUT2D eigenvalue weighted by Crippen LogP contribution is 2.12. The molecule has 1 heteroatoms. The molecule has 0 atom stereocenters. The van der Waals surface area contributed by atoms with Crippen molar-refractivity contribution >= 4 is 5.57 Å². The first-order valence-corrected chi connectivity index (χ1v) is 4.56. The highest BCUT2D eigenvalue weighted by atomic mass is 14.5. The Balaban J connectivity index is 2.86. The van der Waals surface area contributed by atoms with Gasteiger partial charge in [-0.05, 0) is 30.2 Å². The Hall–Kier alpha value is -1.76. The second-order valence-electron chi connectivity index (χ2n) is 3.09. The van der Waals surface area contributed by atoms with Gasteiger partial charge in [0.2, 0.25) is 0 Å². The molecule has 0 aromatic heterocycles. The van der Waals surface area contributed by atoms with Gasteiger partial charge >= 0.3 is 0 Å². The van der Waals surface area contributed by atoms with Gasteiger partial charge in [0.25, 0.3) is 0 Å². The summed E-state index contributed by atoms with van der Waals surface area (Å²) in [5.41, 5.74) is 8.68. The molecule has 0 aliphatic carbocycles. The Morgan fingerprint density at radius 1 is 1.21 bits per heavy atom. The fourth-order valence-electron chi connectivity index (χ4n) is 1.09. The molecule has 72 valence electrons. The van der Waals surface area contributed by atoms with Crippen molar-refractivity contribution in [3.05, 3.63) is 66.4 Å². The first-order chi connectivity index (χ1) is 6.74. The van der Waals surface area contributed by atoms with Crippen LogP contribution in [0.5, 0.6) is 0 Å². The minimum absolute atomic E-state index is 0.681. The molecule has 0 spiro atoms. The largest absolute Gasteiger partial charge is 0.399 e. The molecule has 0 radical (unpaired) electrons. The van der Waals surface area contributed by atoms with Crippen LogP contribution in [-0.2, 0) is 0 Å². The fourth-order valence-corrected chi connectivity index (χ4v) is 1.09. The van der Waals surface area contributed by atoms with E-state index >= 15 is 0 Å². The molecule has 1 nitrogen and oxygen atoms in total. The minimum atomic E-state index is 0.681. The smallest absolute Gasteiger partial charge is 0.0308 e. The van der Waals surface area contributed by atoms with Crippen LogP contribution < -0.4 is 5.73 Å². The van der Waals surface area contributed by atoms with Crippen LogP contribution in [0.15, 0.2) is 60.8 Å². The fraction of sp³-hybridized carbons (Fsp3) is 0.0769. The number of benzene rings is 1. The molecule has 0 saturated heterocycles. The molecule has 1 aromatic rings. The van der Waals surface area contributed by atoms with Gasteiger partial charge < -0.3 is 5.73 Å². The van der Waals surface area contributed by atoms with E-state index < -0.39 is 0 Å². The lowest BCUT2D eigenvalue weighted by Crippen LogP contribution is -1.90. The topological polar surface area (TPSA) is 26.0 Å². The van der Waals surface area contributed by atoms with Crippen LogP contribution >= 0.6 is 0 Å². The first-order valence-electron chi connectivity index (χ1n) is 4.56. The van der Waals surface area contributed by atoms with Gasteiger partial charge in [0.1, 0.15) is 0 Å². The highest BCUT2D eigenvalue weighted by Gasteiger charge is 1.91. The monoisotopic (exact) mass is 185 g/mol. The standard InChI is InChI=1S/C13H15N/c1-3-13(14)10-9-11(2)12-7-5-4-6-8-12/h3-10H,1,14H2,2H3/b11-9+,13-10+.